The van der Waals surface area contributed by atoms with Crippen LogP contribution in [0.3, 0.4) is 0 Å². The molecule has 0 heterocycles. The molecule has 1 atom stereocenters. The third kappa shape index (κ3) is 5.61. The second kappa shape index (κ2) is 4.91. The first-order valence-corrected chi connectivity index (χ1v) is 3.38. The molecule has 0 aromatic heterocycles. The van der Waals surface area contributed by atoms with E-state index in [1.165, 1.54) is 0 Å². The van der Waals surface area contributed by atoms with E-state index in [4.69, 9.17) is 5.11 Å². The number of hydrogen-bond acceptors (Lipinski definition) is 3. The number of carbonyl (C=O) groups is 1. The van der Waals surface area contributed by atoms with Gasteiger partial charge in [0.2, 0.25) is 0 Å². The first kappa shape index (κ1) is 10.2. The van der Waals surface area contributed by atoms with Crippen molar-refractivity contribution >= 4 is 5.97 Å². The minimum atomic E-state index is -0.673. The van der Waals surface area contributed by atoms with E-state index in [2.05, 4.69) is 18.2 Å². The molecule has 0 amide bonds. The molecular weight excluding hydrogens is 144 g/mol. The molecule has 0 saturated heterocycles. The lowest BCUT2D eigenvalue weighted by Gasteiger charge is -2.04. The second-order valence-corrected chi connectivity index (χ2v) is 2.36. The van der Waals surface area contributed by atoms with E-state index in [1.807, 2.05) is 0 Å². The van der Waals surface area contributed by atoms with Gasteiger partial charge < -0.3 is 9.84 Å². The van der Waals surface area contributed by atoms with Crippen molar-refractivity contribution in [2.24, 2.45) is 0 Å². The summed E-state index contributed by atoms with van der Waals surface area (Å²) in [5, 5.41) is 8.68. The van der Waals surface area contributed by atoms with E-state index in [0.717, 1.165) is 0 Å². The molecule has 0 spiro atoms. The van der Waals surface area contributed by atoms with Gasteiger partial charge in [0.25, 0.3) is 0 Å². The Kier molecular flexibility index (Phi) is 4.54. The number of aliphatic hydroxyl groups is 1. The summed E-state index contributed by atoms with van der Waals surface area (Å²) in [6, 6.07) is 0. The predicted molar refractivity (Wildman–Crippen MR) is 41.8 cm³/mol. The number of rotatable bonds is 4. The van der Waals surface area contributed by atoms with Gasteiger partial charge in [0.1, 0.15) is 0 Å². The molecule has 0 saturated carbocycles. The number of hydrogen-bond donors (Lipinski definition) is 1. The highest BCUT2D eigenvalue weighted by molar-refractivity contribution is 5.86. The van der Waals surface area contributed by atoms with Gasteiger partial charge in [-0.25, -0.2) is 4.79 Å². The molecule has 3 nitrogen and oxygen atoms in total. The van der Waals surface area contributed by atoms with Crippen LogP contribution in [0.4, 0.5) is 0 Å². The van der Waals surface area contributed by atoms with Crippen LogP contribution in [-0.4, -0.2) is 23.8 Å². The van der Waals surface area contributed by atoms with Crippen LogP contribution in [-0.2, 0) is 9.53 Å². The fourth-order valence-corrected chi connectivity index (χ4v) is 0.411. The maximum atomic E-state index is 10.7. The molecule has 11 heavy (non-hydrogen) atoms. The summed E-state index contributed by atoms with van der Waals surface area (Å²) < 4.78 is 4.68. The SMILES string of the molecule is [CH2]C(O)CCOC(=O)C(=C)C. The number of aliphatic hydroxyl groups excluding tert-OH is 1. The van der Waals surface area contributed by atoms with E-state index < -0.39 is 12.1 Å². The lowest BCUT2D eigenvalue weighted by atomic mass is 10.3. The number of ether oxygens (including phenoxy) is 1. The quantitative estimate of drug-likeness (QED) is 0.482. The fraction of sp³-hybridized carbons (Fsp3) is 0.500. The van der Waals surface area contributed by atoms with Crippen molar-refractivity contribution in [2.45, 2.75) is 19.4 Å². The Labute approximate surface area is 66.7 Å². The Morgan fingerprint density at radius 1 is 1.73 bits per heavy atom. The second-order valence-electron chi connectivity index (χ2n) is 2.36. The van der Waals surface area contributed by atoms with Crippen molar-refractivity contribution in [1.29, 1.82) is 0 Å². The predicted octanol–water partition coefficient (Wildman–Crippen LogP) is 0.691. The molecule has 63 valence electrons. The zero-order chi connectivity index (χ0) is 8.85. The van der Waals surface area contributed by atoms with Crippen molar-refractivity contribution in [3.05, 3.63) is 19.1 Å². The van der Waals surface area contributed by atoms with E-state index in [-0.39, 0.29) is 6.61 Å². The van der Waals surface area contributed by atoms with Crippen LogP contribution in [0.15, 0.2) is 12.2 Å². The lowest BCUT2D eigenvalue weighted by Crippen LogP contribution is -2.11. The van der Waals surface area contributed by atoms with Gasteiger partial charge in [0, 0.05) is 12.0 Å². The molecule has 1 radical (unpaired) electrons. The summed E-state index contributed by atoms with van der Waals surface area (Å²) in [6.45, 7) is 8.49. The van der Waals surface area contributed by atoms with Gasteiger partial charge in [0.05, 0.1) is 12.7 Å². The summed E-state index contributed by atoms with van der Waals surface area (Å²) in [6.07, 6.45) is -0.313. The maximum Gasteiger partial charge on any atom is 0.333 e. The molecule has 1 unspecified atom stereocenters. The van der Waals surface area contributed by atoms with Gasteiger partial charge in [-0.2, -0.15) is 0 Å². The standard InChI is InChI=1S/C8H13O3/c1-6(2)8(10)11-5-4-7(3)9/h7,9H,1,3-5H2,2H3. The molecule has 0 fully saturated rings. The normalized spacial score (nSPS) is 12.3. The smallest absolute Gasteiger partial charge is 0.333 e. The zero-order valence-electron chi connectivity index (χ0n) is 6.67. The molecule has 0 aliphatic rings. The Morgan fingerprint density at radius 2 is 2.27 bits per heavy atom. The molecule has 0 aromatic rings. The maximum absolute atomic E-state index is 10.7. The summed E-state index contributed by atoms with van der Waals surface area (Å²) in [7, 11) is 0. The summed E-state index contributed by atoms with van der Waals surface area (Å²) >= 11 is 0. The van der Waals surface area contributed by atoms with Crippen molar-refractivity contribution in [3.8, 4) is 0 Å². The van der Waals surface area contributed by atoms with Gasteiger partial charge in [-0.3, -0.25) is 0 Å². The number of esters is 1. The van der Waals surface area contributed by atoms with Crippen LogP contribution in [0.25, 0.3) is 0 Å². The Hall–Kier alpha value is -0.830. The monoisotopic (exact) mass is 157 g/mol. The third-order valence-electron chi connectivity index (χ3n) is 1.03. The Morgan fingerprint density at radius 3 is 2.64 bits per heavy atom. The average Bonchev–Trinajstić information content (AvgIpc) is 1.86. The first-order valence-electron chi connectivity index (χ1n) is 3.38. The first-order chi connectivity index (χ1) is 5.04. The van der Waals surface area contributed by atoms with Gasteiger partial charge in [-0.1, -0.05) is 6.58 Å². The number of carbonyl (C=O) groups excluding carboxylic acids is 1. The van der Waals surface area contributed by atoms with Crippen molar-refractivity contribution in [2.75, 3.05) is 6.61 Å². The van der Waals surface area contributed by atoms with Crippen LogP contribution in [0.1, 0.15) is 13.3 Å². The van der Waals surface area contributed by atoms with Crippen LogP contribution in [0, 0.1) is 6.92 Å². The molecule has 1 N–H and O–H groups in total. The molecule has 0 aliphatic heterocycles. The Bertz CT molecular complexity index is 149. The van der Waals surface area contributed by atoms with Crippen molar-refractivity contribution in [1.82, 2.24) is 0 Å². The van der Waals surface area contributed by atoms with Crippen LogP contribution in [0.2, 0.25) is 0 Å². The fourth-order valence-electron chi connectivity index (χ4n) is 0.411. The topological polar surface area (TPSA) is 46.5 Å². The molecule has 3 heteroatoms. The third-order valence-corrected chi connectivity index (χ3v) is 1.03. The van der Waals surface area contributed by atoms with Crippen molar-refractivity contribution in [3.63, 3.8) is 0 Å². The summed E-state index contributed by atoms with van der Waals surface area (Å²) in [4.78, 5) is 10.7. The van der Waals surface area contributed by atoms with Crippen LogP contribution < -0.4 is 0 Å². The van der Waals surface area contributed by atoms with E-state index in [0.29, 0.717) is 12.0 Å². The van der Waals surface area contributed by atoms with E-state index in [1.54, 1.807) is 6.92 Å². The minimum Gasteiger partial charge on any atom is -0.462 e. The van der Waals surface area contributed by atoms with Gasteiger partial charge >= 0.3 is 5.97 Å². The highest BCUT2D eigenvalue weighted by Gasteiger charge is 2.03. The molecule has 0 aliphatic carbocycles. The Balaban J connectivity index is 3.40. The summed E-state index contributed by atoms with van der Waals surface area (Å²) in [5.74, 6) is -0.425. The van der Waals surface area contributed by atoms with Gasteiger partial charge in [-0.05, 0) is 13.8 Å². The van der Waals surface area contributed by atoms with Gasteiger partial charge in [0.15, 0.2) is 0 Å². The highest BCUT2D eigenvalue weighted by Crippen LogP contribution is 1.95. The average molecular weight is 157 g/mol. The molecule has 0 bridgehead atoms. The van der Waals surface area contributed by atoms with Crippen LogP contribution in [0.5, 0.6) is 0 Å². The van der Waals surface area contributed by atoms with Gasteiger partial charge in [-0.15, -0.1) is 0 Å². The molecule has 0 rings (SSSR count). The molecular formula is C8H13O3. The minimum absolute atomic E-state index is 0.191. The van der Waals surface area contributed by atoms with E-state index >= 15 is 0 Å². The zero-order valence-corrected chi connectivity index (χ0v) is 6.67. The summed E-state index contributed by atoms with van der Waals surface area (Å²) in [5.41, 5.74) is 0.364. The van der Waals surface area contributed by atoms with Crippen LogP contribution >= 0.6 is 0 Å². The largest absolute Gasteiger partial charge is 0.462 e. The van der Waals surface area contributed by atoms with Crippen molar-refractivity contribution < 1.29 is 14.6 Å². The van der Waals surface area contributed by atoms with E-state index in [9.17, 15) is 4.79 Å². The highest BCUT2D eigenvalue weighted by atomic mass is 16.5. The lowest BCUT2D eigenvalue weighted by molar-refractivity contribution is -0.139. The molecule has 0 aromatic carbocycles.